The molecular weight excluding hydrogens is 300 g/mol. The van der Waals surface area contributed by atoms with Crippen molar-refractivity contribution in [2.24, 2.45) is 0 Å². The second kappa shape index (κ2) is 5.92. The van der Waals surface area contributed by atoms with Gasteiger partial charge in [0.25, 0.3) is 5.91 Å². The normalized spacial score (nSPS) is 19.0. The van der Waals surface area contributed by atoms with Gasteiger partial charge in [0.1, 0.15) is 0 Å². The molecule has 24 heavy (non-hydrogen) atoms. The number of likely N-dealkylation sites (N-methyl/N-ethyl adjacent to an activating group) is 1. The molecule has 5 heteroatoms. The minimum Gasteiger partial charge on any atom is -0.338 e. The molecule has 0 aliphatic heterocycles. The van der Waals surface area contributed by atoms with Crippen LogP contribution in [-0.4, -0.2) is 38.9 Å². The second-order valence-electron chi connectivity index (χ2n) is 6.13. The van der Waals surface area contributed by atoms with Crippen LogP contribution >= 0.6 is 0 Å². The lowest BCUT2D eigenvalue weighted by molar-refractivity contribution is 0.0782. The average Bonchev–Trinajstić information content (AvgIpc) is 3.26. The molecule has 0 unspecified atom stereocenters. The lowest BCUT2D eigenvalue weighted by Crippen LogP contribution is -2.29. The van der Waals surface area contributed by atoms with Crippen molar-refractivity contribution in [1.29, 1.82) is 0 Å². The summed E-state index contributed by atoms with van der Waals surface area (Å²) < 4.78 is 1.67. The maximum Gasteiger partial charge on any atom is 0.253 e. The van der Waals surface area contributed by atoms with E-state index in [4.69, 9.17) is 0 Å². The van der Waals surface area contributed by atoms with Gasteiger partial charge < -0.3 is 4.90 Å². The third kappa shape index (κ3) is 2.69. The maximum atomic E-state index is 12.7. The predicted molar refractivity (Wildman–Crippen MR) is 91.0 cm³/mol. The molecule has 1 saturated carbocycles. The van der Waals surface area contributed by atoms with Gasteiger partial charge in [0.15, 0.2) is 0 Å². The number of hydrogen-bond donors (Lipinski definition) is 0. The van der Waals surface area contributed by atoms with Crippen molar-refractivity contribution in [3.05, 3.63) is 78.1 Å². The minimum atomic E-state index is 0.0589. The quantitative estimate of drug-likeness (QED) is 0.743. The number of carbonyl (C=O) groups is 1. The van der Waals surface area contributed by atoms with E-state index in [0.717, 1.165) is 12.1 Å². The highest BCUT2D eigenvalue weighted by molar-refractivity contribution is 5.94. The van der Waals surface area contributed by atoms with Gasteiger partial charge in [-0.25, -0.2) is 4.68 Å². The van der Waals surface area contributed by atoms with Crippen LogP contribution in [0.4, 0.5) is 0 Å². The number of amides is 1. The Labute approximate surface area is 140 Å². The Hall–Kier alpha value is -2.95. The van der Waals surface area contributed by atoms with Crippen LogP contribution in [0.25, 0.3) is 5.69 Å². The lowest BCUT2D eigenvalue weighted by atomic mass is 10.1. The van der Waals surface area contributed by atoms with Gasteiger partial charge in [-0.05, 0) is 36.2 Å². The Morgan fingerprint density at radius 3 is 2.54 bits per heavy atom. The molecule has 1 amide bonds. The zero-order valence-corrected chi connectivity index (χ0v) is 13.4. The van der Waals surface area contributed by atoms with E-state index in [2.05, 4.69) is 34.6 Å². The first-order chi connectivity index (χ1) is 11.7. The summed E-state index contributed by atoms with van der Waals surface area (Å²) in [7, 11) is 1.89. The van der Waals surface area contributed by atoms with Crippen molar-refractivity contribution in [3.63, 3.8) is 0 Å². The van der Waals surface area contributed by atoms with E-state index in [0.29, 0.717) is 11.5 Å². The summed E-state index contributed by atoms with van der Waals surface area (Å²) in [4.78, 5) is 14.6. The fourth-order valence-corrected chi connectivity index (χ4v) is 3.13. The van der Waals surface area contributed by atoms with E-state index in [1.165, 1.54) is 5.56 Å². The second-order valence-corrected chi connectivity index (χ2v) is 6.13. The third-order valence-corrected chi connectivity index (χ3v) is 4.60. The fraction of sp³-hybridized carbons (Fsp3) is 0.211. The molecule has 5 nitrogen and oxygen atoms in total. The van der Waals surface area contributed by atoms with Crippen molar-refractivity contribution in [1.82, 2.24) is 19.9 Å². The summed E-state index contributed by atoms with van der Waals surface area (Å²) in [5.74, 6) is 0.512. The molecule has 0 radical (unpaired) electrons. The number of carbonyl (C=O) groups excluding carboxylic acids is 1. The summed E-state index contributed by atoms with van der Waals surface area (Å²) >= 11 is 0. The van der Waals surface area contributed by atoms with Crippen LogP contribution in [0.1, 0.15) is 28.3 Å². The van der Waals surface area contributed by atoms with Crippen molar-refractivity contribution >= 4 is 5.91 Å². The number of hydrogen-bond acceptors (Lipinski definition) is 3. The zero-order valence-electron chi connectivity index (χ0n) is 13.4. The molecule has 1 heterocycles. The number of nitrogens with zero attached hydrogens (tertiary/aromatic N) is 4. The molecule has 1 fully saturated rings. The van der Waals surface area contributed by atoms with Crippen molar-refractivity contribution in [2.45, 2.75) is 18.4 Å². The van der Waals surface area contributed by atoms with Crippen LogP contribution in [0.3, 0.4) is 0 Å². The van der Waals surface area contributed by atoms with E-state index in [9.17, 15) is 4.79 Å². The number of aromatic nitrogens is 3. The summed E-state index contributed by atoms with van der Waals surface area (Å²) in [5.41, 5.74) is 2.89. The van der Waals surface area contributed by atoms with Gasteiger partial charge in [-0.3, -0.25) is 4.79 Å². The van der Waals surface area contributed by atoms with Crippen molar-refractivity contribution < 1.29 is 4.79 Å². The standard InChI is InChI=1S/C19H18N4O/c1-22(18-13-17(18)14-5-3-2-4-6-14)19(24)15-7-9-16(10-8-15)23-12-11-20-21-23/h2-12,17-18H,13H2,1H3/t17-,18+/m1/s1. The van der Waals surface area contributed by atoms with Crippen LogP contribution in [0, 0.1) is 0 Å². The highest BCUT2D eigenvalue weighted by Gasteiger charge is 2.43. The van der Waals surface area contributed by atoms with Crippen LogP contribution in [0.15, 0.2) is 67.0 Å². The molecule has 3 aromatic rings. The summed E-state index contributed by atoms with van der Waals surface area (Å²) in [6.45, 7) is 0. The molecular formula is C19H18N4O. The Bertz CT molecular complexity index is 828. The van der Waals surface area contributed by atoms with Gasteiger partial charge in [-0.15, -0.1) is 5.10 Å². The van der Waals surface area contributed by atoms with Gasteiger partial charge in [-0.1, -0.05) is 35.5 Å². The summed E-state index contributed by atoms with van der Waals surface area (Å²) in [6.07, 6.45) is 4.44. The highest BCUT2D eigenvalue weighted by Crippen LogP contribution is 2.44. The van der Waals surface area contributed by atoms with Crippen LogP contribution < -0.4 is 0 Å². The zero-order chi connectivity index (χ0) is 16.5. The number of rotatable bonds is 4. The van der Waals surface area contributed by atoms with Crippen molar-refractivity contribution in [2.75, 3.05) is 7.05 Å². The summed E-state index contributed by atoms with van der Waals surface area (Å²) in [5, 5.41) is 7.74. The van der Waals surface area contributed by atoms with Gasteiger partial charge in [0.05, 0.1) is 18.1 Å². The average molecular weight is 318 g/mol. The SMILES string of the molecule is CN(C(=O)c1ccc(-n2ccnn2)cc1)[C@H]1C[C@@H]1c1ccccc1. The molecule has 2 atom stereocenters. The van der Waals surface area contributed by atoms with E-state index in [1.54, 1.807) is 17.1 Å². The van der Waals surface area contributed by atoms with Crippen LogP contribution in [-0.2, 0) is 0 Å². The number of benzene rings is 2. The smallest absolute Gasteiger partial charge is 0.253 e. The predicted octanol–water partition coefficient (Wildman–Crippen LogP) is 2.90. The first-order valence-corrected chi connectivity index (χ1v) is 8.03. The van der Waals surface area contributed by atoms with E-state index >= 15 is 0 Å². The van der Waals surface area contributed by atoms with Crippen molar-refractivity contribution in [3.8, 4) is 5.69 Å². The molecule has 1 aliphatic carbocycles. The van der Waals surface area contributed by atoms with Gasteiger partial charge >= 0.3 is 0 Å². The van der Waals surface area contributed by atoms with Gasteiger partial charge in [0, 0.05) is 24.6 Å². The molecule has 1 aromatic heterocycles. The summed E-state index contributed by atoms with van der Waals surface area (Å²) in [6, 6.07) is 18.1. The fourth-order valence-electron chi connectivity index (χ4n) is 3.13. The maximum absolute atomic E-state index is 12.7. The first kappa shape index (κ1) is 14.6. The molecule has 120 valence electrons. The van der Waals surface area contributed by atoms with Gasteiger partial charge in [0.2, 0.25) is 0 Å². The van der Waals surface area contributed by atoms with E-state index in [1.807, 2.05) is 42.3 Å². The Morgan fingerprint density at radius 1 is 1.12 bits per heavy atom. The van der Waals surface area contributed by atoms with Crippen LogP contribution in [0.5, 0.6) is 0 Å². The minimum absolute atomic E-state index is 0.0589. The highest BCUT2D eigenvalue weighted by atomic mass is 16.2. The third-order valence-electron chi connectivity index (χ3n) is 4.60. The first-order valence-electron chi connectivity index (χ1n) is 8.03. The topological polar surface area (TPSA) is 51.0 Å². The largest absolute Gasteiger partial charge is 0.338 e. The Balaban J connectivity index is 1.46. The molecule has 0 spiro atoms. The Kier molecular flexibility index (Phi) is 3.61. The van der Waals surface area contributed by atoms with E-state index in [-0.39, 0.29) is 11.9 Å². The molecule has 0 N–H and O–H groups in total. The monoisotopic (exact) mass is 318 g/mol. The van der Waals surface area contributed by atoms with Gasteiger partial charge in [-0.2, -0.15) is 0 Å². The molecule has 2 aromatic carbocycles. The van der Waals surface area contributed by atoms with E-state index < -0.39 is 0 Å². The molecule has 4 rings (SSSR count). The Morgan fingerprint density at radius 2 is 1.88 bits per heavy atom. The molecule has 0 bridgehead atoms. The molecule has 1 aliphatic rings. The molecule has 0 saturated heterocycles. The van der Waals surface area contributed by atoms with Crippen LogP contribution in [0.2, 0.25) is 0 Å². The lowest BCUT2D eigenvalue weighted by Gasteiger charge is -2.18.